The number of pyridine rings is 2. The summed E-state index contributed by atoms with van der Waals surface area (Å²) in [7, 11) is 0. The first-order valence-electron chi connectivity index (χ1n) is 10.3. The van der Waals surface area contributed by atoms with Crippen molar-refractivity contribution in [3.8, 4) is 0 Å². The largest absolute Gasteiger partial charge is 0.339 e. The summed E-state index contributed by atoms with van der Waals surface area (Å²) in [5.74, 6) is 0.419. The van der Waals surface area contributed by atoms with E-state index < -0.39 is 0 Å². The molecule has 0 bridgehead atoms. The fourth-order valence-electron chi connectivity index (χ4n) is 3.94. The molecule has 3 heterocycles. The number of likely N-dealkylation sites (tertiary alicyclic amines) is 1. The molecule has 1 aromatic carbocycles. The van der Waals surface area contributed by atoms with Crippen molar-refractivity contribution >= 4 is 28.5 Å². The van der Waals surface area contributed by atoms with Crippen LogP contribution in [0, 0.1) is 26.7 Å². The molecule has 0 unspecified atom stereocenters. The normalized spacial score (nSPS) is 14.7. The summed E-state index contributed by atoms with van der Waals surface area (Å²) in [5, 5.41) is 3.87. The molecular formula is C24H26N4O2. The molecule has 2 aromatic heterocycles. The second-order valence-corrected chi connectivity index (χ2v) is 8.09. The van der Waals surface area contributed by atoms with Crippen LogP contribution in [-0.4, -0.2) is 39.8 Å². The van der Waals surface area contributed by atoms with Crippen molar-refractivity contribution in [1.29, 1.82) is 0 Å². The molecular weight excluding hydrogens is 376 g/mol. The standard InChI is InChI=1S/C24H26N4O2/c1-15-4-5-19-14-20(17(3)26-21(19)12-15)24(30)28-10-7-18(8-11-28)23(29)27-22-13-16(2)6-9-25-22/h4-6,9,12-14,18H,7-8,10-11H2,1-3H3,(H,25,27,29). The lowest BCUT2D eigenvalue weighted by molar-refractivity contribution is -0.121. The fourth-order valence-corrected chi connectivity index (χ4v) is 3.94. The molecule has 1 N–H and O–H groups in total. The molecule has 0 saturated carbocycles. The number of benzene rings is 1. The van der Waals surface area contributed by atoms with Crippen LogP contribution in [0.3, 0.4) is 0 Å². The number of anilines is 1. The molecule has 1 saturated heterocycles. The third kappa shape index (κ3) is 4.17. The Balaban J connectivity index is 1.42. The predicted molar refractivity (Wildman–Crippen MR) is 117 cm³/mol. The van der Waals surface area contributed by atoms with E-state index in [1.807, 2.05) is 62.1 Å². The van der Waals surface area contributed by atoms with Gasteiger partial charge in [-0.25, -0.2) is 4.98 Å². The van der Waals surface area contributed by atoms with E-state index in [4.69, 9.17) is 0 Å². The zero-order valence-electron chi connectivity index (χ0n) is 17.6. The molecule has 1 fully saturated rings. The maximum Gasteiger partial charge on any atom is 0.255 e. The third-order valence-electron chi connectivity index (χ3n) is 5.71. The first-order valence-corrected chi connectivity index (χ1v) is 10.3. The average Bonchev–Trinajstić information content (AvgIpc) is 2.73. The number of carbonyl (C=O) groups is 2. The van der Waals surface area contributed by atoms with Crippen molar-refractivity contribution in [2.45, 2.75) is 33.6 Å². The number of rotatable bonds is 3. The molecule has 1 aliphatic rings. The maximum atomic E-state index is 13.1. The highest BCUT2D eigenvalue weighted by molar-refractivity contribution is 5.99. The molecule has 30 heavy (non-hydrogen) atoms. The van der Waals surface area contributed by atoms with Gasteiger partial charge < -0.3 is 10.2 Å². The minimum Gasteiger partial charge on any atom is -0.339 e. The van der Waals surface area contributed by atoms with E-state index in [1.165, 1.54) is 0 Å². The Bertz CT molecular complexity index is 1120. The third-order valence-corrected chi connectivity index (χ3v) is 5.71. The predicted octanol–water partition coefficient (Wildman–Crippen LogP) is 4.05. The Hall–Kier alpha value is -3.28. The van der Waals surface area contributed by atoms with Gasteiger partial charge in [-0.1, -0.05) is 12.1 Å². The van der Waals surface area contributed by atoms with Crippen LogP contribution in [0.5, 0.6) is 0 Å². The van der Waals surface area contributed by atoms with E-state index in [0.29, 0.717) is 37.3 Å². The van der Waals surface area contributed by atoms with Crippen LogP contribution in [-0.2, 0) is 4.79 Å². The Morgan fingerprint density at radius 2 is 1.73 bits per heavy atom. The van der Waals surface area contributed by atoms with Gasteiger partial charge in [0.15, 0.2) is 0 Å². The monoisotopic (exact) mass is 402 g/mol. The molecule has 1 aliphatic heterocycles. The van der Waals surface area contributed by atoms with Gasteiger partial charge in [-0.2, -0.15) is 0 Å². The lowest BCUT2D eigenvalue weighted by atomic mass is 9.95. The van der Waals surface area contributed by atoms with Gasteiger partial charge in [0, 0.05) is 30.6 Å². The number of aryl methyl sites for hydroxylation is 3. The SMILES string of the molecule is Cc1ccnc(NC(=O)C2CCN(C(=O)c3cc4ccc(C)cc4nc3C)CC2)c1. The molecule has 0 radical (unpaired) electrons. The number of amides is 2. The molecule has 0 atom stereocenters. The maximum absolute atomic E-state index is 13.1. The van der Waals surface area contributed by atoms with Gasteiger partial charge in [0.1, 0.15) is 5.82 Å². The van der Waals surface area contributed by atoms with Crippen molar-refractivity contribution < 1.29 is 9.59 Å². The summed E-state index contributed by atoms with van der Waals surface area (Å²) < 4.78 is 0. The van der Waals surface area contributed by atoms with E-state index in [0.717, 1.165) is 27.7 Å². The van der Waals surface area contributed by atoms with Crippen molar-refractivity contribution in [2.24, 2.45) is 5.92 Å². The lowest BCUT2D eigenvalue weighted by Gasteiger charge is -2.31. The van der Waals surface area contributed by atoms with Crippen molar-refractivity contribution in [3.05, 3.63) is 65.0 Å². The highest BCUT2D eigenvalue weighted by Crippen LogP contribution is 2.23. The highest BCUT2D eigenvalue weighted by atomic mass is 16.2. The molecule has 4 rings (SSSR count). The number of nitrogens with one attached hydrogen (secondary N) is 1. The molecule has 0 spiro atoms. The summed E-state index contributed by atoms with van der Waals surface area (Å²) in [6.07, 6.45) is 2.97. The number of nitrogens with zero attached hydrogens (tertiary/aromatic N) is 3. The summed E-state index contributed by atoms with van der Waals surface area (Å²) in [6.45, 7) is 6.99. The number of fused-ring (bicyclic) bond motifs is 1. The second kappa shape index (κ2) is 8.22. The summed E-state index contributed by atoms with van der Waals surface area (Å²) in [5.41, 5.74) is 4.48. The van der Waals surface area contributed by atoms with E-state index >= 15 is 0 Å². The minimum absolute atomic E-state index is 0.0123. The summed E-state index contributed by atoms with van der Waals surface area (Å²) in [4.78, 5) is 36.4. The van der Waals surface area contributed by atoms with Gasteiger partial charge in [0.05, 0.1) is 16.8 Å². The zero-order chi connectivity index (χ0) is 21.3. The van der Waals surface area contributed by atoms with Crippen LogP contribution >= 0.6 is 0 Å². The first kappa shape index (κ1) is 20.0. The zero-order valence-corrected chi connectivity index (χ0v) is 17.6. The molecule has 154 valence electrons. The fraction of sp³-hybridized carbons (Fsp3) is 0.333. The Morgan fingerprint density at radius 1 is 1.00 bits per heavy atom. The molecule has 2 amide bonds. The van der Waals surface area contributed by atoms with Crippen LogP contribution in [0.1, 0.15) is 40.0 Å². The highest BCUT2D eigenvalue weighted by Gasteiger charge is 2.29. The van der Waals surface area contributed by atoms with Gasteiger partial charge in [0.25, 0.3) is 5.91 Å². The number of hydrogen-bond acceptors (Lipinski definition) is 4. The molecule has 6 nitrogen and oxygen atoms in total. The van der Waals surface area contributed by atoms with Crippen molar-refractivity contribution in [3.63, 3.8) is 0 Å². The first-order chi connectivity index (χ1) is 14.4. The van der Waals surface area contributed by atoms with Crippen LogP contribution in [0.2, 0.25) is 0 Å². The molecule has 6 heteroatoms. The Morgan fingerprint density at radius 3 is 2.47 bits per heavy atom. The van der Waals surface area contributed by atoms with Gasteiger partial charge in [-0.15, -0.1) is 0 Å². The number of hydrogen-bond donors (Lipinski definition) is 1. The van der Waals surface area contributed by atoms with Gasteiger partial charge >= 0.3 is 0 Å². The van der Waals surface area contributed by atoms with E-state index in [9.17, 15) is 9.59 Å². The van der Waals surface area contributed by atoms with Crippen LogP contribution in [0.25, 0.3) is 10.9 Å². The van der Waals surface area contributed by atoms with Crippen molar-refractivity contribution in [1.82, 2.24) is 14.9 Å². The number of piperidine rings is 1. The summed E-state index contributed by atoms with van der Waals surface area (Å²) >= 11 is 0. The Kier molecular flexibility index (Phi) is 5.48. The molecule has 0 aliphatic carbocycles. The van der Waals surface area contributed by atoms with Crippen LogP contribution in [0.4, 0.5) is 5.82 Å². The average molecular weight is 402 g/mol. The van der Waals surface area contributed by atoms with E-state index in [-0.39, 0.29) is 17.7 Å². The number of aromatic nitrogens is 2. The van der Waals surface area contributed by atoms with Gasteiger partial charge in [-0.3, -0.25) is 14.6 Å². The van der Waals surface area contributed by atoms with Crippen LogP contribution in [0.15, 0.2) is 42.6 Å². The Labute approximate surface area is 176 Å². The molecule has 3 aromatic rings. The van der Waals surface area contributed by atoms with E-state index in [2.05, 4.69) is 15.3 Å². The quantitative estimate of drug-likeness (QED) is 0.717. The number of carbonyl (C=O) groups excluding carboxylic acids is 2. The minimum atomic E-state index is -0.116. The van der Waals surface area contributed by atoms with Crippen LogP contribution < -0.4 is 5.32 Å². The smallest absolute Gasteiger partial charge is 0.255 e. The lowest BCUT2D eigenvalue weighted by Crippen LogP contribution is -2.41. The summed E-state index contributed by atoms with van der Waals surface area (Å²) in [6, 6.07) is 11.7. The van der Waals surface area contributed by atoms with Gasteiger partial charge in [-0.05, 0) is 69.0 Å². The second-order valence-electron chi connectivity index (χ2n) is 8.09. The van der Waals surface area contributed by atoms with Crippen molar-refractivity contribution in [2.75, 3.05) is 18.4 Å². The van der Waals surface area contributed by atoms with Gasteiger partial charge in [0.2, 0.25) is 5.91 Å². The van der Waals surface area contributed by atoms with E-state index in [1.54, 1.807) is 6.20 Å². The topological polar surface area (TPSA) is 75.2 Å².